The van der Waals surface area contributed by atoms with Crippen molar-refractivity contribution in [2.45, 2.75) is 25.0 Å². The van der Waals surface area contributed by atoms with E-state index in [0.29, 0.717) is 17.3 Å². The second kappa shape index (κ2) is 4.75. The maximum atomic E-state index is 11.5. The maximum absolute atomic E-state index is 11.5. The first-order valence-corrected chi connectivity index (χ1v) is 5.55. The van der Waals surface area contributed by atoms with Crippen molar-refractivity contribution in [3.05, 3.63) is 0 Å². The number of carboxylic acids is 1. The Morgan fingerprint density at radius 1 is 1.71 bits per heavy atom. The number of aliphatic carboxylic acids is 1. The van der Waals surface area contributed by atoms with Gasteiger partial charge in [0.25, 0.3) is 0 Å². The average molecular weight is 233 g/mol. The van der Waals surface area contributed by atoms with Gasteiger partial charge in [0.15, 0.2) is 0 Å². The molecule has 1 saturated heterocycles. The van der Waals surface area contributed by atoms with Crippen LogP contribution in [0.1, 0.15) is 19.8 Å². The van der Waals surface area contributed by atoms with E-state index in [4.69, 9.17) is 17.3 Å². The third kappa shape index (κ3) is 2.68. The van der Waals surface area contributed by atoms with Crippen molar-refractivity contribution in [3.63, 3.8) is 0 Å². The lowest BCUT2D eigenvalue weighted by molar-refractivity contribution is -0.137. The van der Waals surface area contributed by atoms with E-state index in [0.717, 1.165) is 0 Å². The first-order valence-electron chi connectivity index (χ1n) is 4.26. The van der Waals surface area contributed by atoms with Gasteiger partial charge in [-0.15, -0.1) is 0 Å². The van der Waals surface area contributed by atoms with Crippen LogP contribution in [-0.4, -0.2) is 38.0 Å². The van der Waals surface area contributed by atoms with Crippen LogP contribution in [0.3, 0.4) is 0 Å². The molecular weight excluding hydrogens is 222 g/mol. The summed E-state index contributed by atoms with van der Waals surface area (Å²) in [5.41, 5.74) is 0. The number of thioether (sulfide) groups is 1. The van der Waals surface area contributed by atoms with Crippen LogP contribution >= 0.6 is 24.0 Å². The number of thiocarbonyl (C=S) groups is 1. The standard InChI is InChI=1S/C8H11NO3S2/c1-5-7(12)9(8(13)14-5)4-2-3-6(10)11/h5H,2-4H2,1H3,(H,10,11)/t5-/m1/s1. The third-order valence-electron chi connectivity index (χ3n) is 1.88. The quantitative estimate of drug-likeness (QED) is 0.737. The maximum Gasteiger partial charge on any atom is 0.303 e. The largest absolute Gasteiger partial charge is 0.481 e. The number of hydrogen-bond acceptors (Lipinski definition) is 4. The monoisotopic (exact) mass is 233 g/mol. The highest BCUT2D eigenvalue weighted by Crippen LogP contribution is 2.26. The number of rotatable bonds is 4. The van der Waals surface area contributed by atoms with Crippen LogP contribution in [0.2, 0.25) is 0 Å². The van der Waals surface area contributed by atoms with Crippen molar-refractivity contribution in [2.24, 2.45) is 0 Å². The van der Waals surface area contributed by atoms with Gasteiger partial charge in [0.05, 0.1) is 5.25 Å². The molecule has 1 amide bonds. The molecular formula is C8H11NO3S2. The summed E-state index contributed by atoms with van der Waals surface area (Å²) in [7, 11) is 0. The van der Waals surface area contributed by atoms with Crippen LogP contribution in [0.15, 0.2) is 0 Å². The molecule has 0 spiro atoms. The summed E-state index contributed by atoms with van der Waals surface area (Å²) in [6.45, 7) is 2.22. The molecule has 6 heteroatoms. The van der Waals surface area contributed by atoms with Crippen molar-refractivity contribution in [3.8, 4) is 0 Å². The van der Waals surface area contributed by atoms with E-state index in [1.165, 1.54) is 16.7 Å². The molecule has 0 bridgehead atoms. The van der Waals surface area contributed by atoms with Crippen molar-refractivity contribution < 1.29 is 14.7 Å². The lowest BCUT2D eigenvalue weighted by Crippen LogP contribution is -2.31. The molecule has 14 heavy (non-hydrogen) atoms. The fraction of sp³-hybridized carbons (Fsp3) is 0.625. The van der Waals surface area contributed by atoms with E-state index in [-0.39, 0.29) is 17.6 Å². The van der Waals surface area contributed by atoms with E-state index in [9.17, 15) is 9.59 Å². The summed E-state index contributed by atoms with van der Waals surface area (Å²) in [5, 5.41) is 8.31. The van der Waals surface area contributed by atoms with Crippen LogP contribution in [0, 0.1) is 0 Å². The summed E-state index contributed by atoms with van der Waals surface area (Å²) >= 11 is 6.35. The van der Waals surface area contributed by atoms with Gasteiger partial charge in [0.1, 0.15) is 4.32 Å². The highest BCUT2D eigenvalue weighted by Gasteiger charge is 2.32. The molecule has 1 aliphatic rings. The SMILES string of the molecule is C[C@H]1SC(=S)N(CCCC(=O)O)C1=O. The molecule has 0 unspecified atom stereocenters. The zero-order valence-electron chi connectivity index (χ0n) is 7.73. The van der Waals surface area contributed by atoms with Crippen molar-refractivity contribution in [2.75, 3.05) is 6.54 Å². The molecule has 1 fully saturated rings. The Bertz CT molecular complexity index is 280. The normalized spacial score (nSPS) is 21.8. The van der Waals surface area contributed by atoms with Gasteiger partial charge in [-0.2, -0.15) is 0 Å². The van der Waals surface area contributed by atoms with E-state index in [2.05, 4.69) is 0 Å². The topological polar surface area (TPSA) is 57.6 Å². The van der Waals surface area contributed by atoms with E-state index >= 15 is 0 Å². The third-order valence-corrected chi connectivity index (χ3v) is 3.37. The molecule has 78 valence electrons. The first kappa shape index (κ1) is 11.5. The van der Waals surface area contributed by atoms with Gasteiger partial charge < -0.3 is 5.11 Å². The Morgan fingerprint density at radius 3 is 2.79 bits per heavy atom. The van der Waals surface area contributed by atoms with E-state index in [1.807, 2.05) is 0 Å². The van der Waals surface area contributed by atoms with Crippen LogP contribution in [0.5, 0.6) is 0 Å². The zero-order chi connectivity index (χ0) is 10.7. The Hall–Kier alpha value is -0.620. The number of carbonyl (C=O) groups is 2. The van der Waals surface area contributed by atoms with Gasteiger partial charge >= 0.3 is 5.97 Å². The van der Waals surface area contributed by atoms with Crippen LogP contribution in [0.4, 0.5) is 0 Å². The molecule has 1 rings (SSSR count). The van der Waals surface area contributed by atoms with Crippen molar-refractivity contribution in [1.82, 2.24) is 4.90 Å². The van der Waals surface area contributed by atoms with Gasteiger partial charge in [-0.05, 0) is 13.3 Å². The van der Waals surface area contributed by atoms with Crippen molar-refractivity contribution in [1.29, 1.82) is 0 Å². The minimum Gasteiger partial charge on any atom is -0.481 e. The Kier molecular flexibility index (Phi) is 3.88. The van der Waals surface area contributed by atoms with Crippen LogP contribution in [0.25, 0.3) is 0 Å². The Morgan fingerprint density at radius 2 is 2.36 bits per heavy atom. The van der Waals surface area contributed by atoms with Crippen LogP contribution in [-0.2, 0) is 9.59 Å². The number of amides is 1. The Labute approximate surface area is 91.6 Å². The lowest BCUT2D eigenvalue weighted by Gasteiger charge is -2.13. The predicted molar refractivity (Wildman–Crippen MR) is 58.2 cm³/mol. The fourth-order valence-corrected chi connectivity index (χ4v) is 2.62. The molecule has 1 atom stereocenters. The summed E-state index contributed by atoms with van der Waals surface area (Å²) in [6.07, 6.45) is 0.528. The molecule has 1 N–H and O–H groups in total. The van der Waals surface area contributed by atoms with Crippen LogP contribution < -0.4 is 0 Å². The number of hydrogen-bond donors (Lipinski definition) is 1. The highest BCUT2D eigenvalue weighted by molar-refractivity contribution is 8.24. The fourth-order valence-electron chi connectivity index (χ4n) is 1.16. The molecule has 0 aromatic heterocycles. The molecule has 1 aliphatic heterocycles. The zero-order valence-corrected chi connectivity index (χ0v) is 9.36. The molecule has 1 heterocycles. The predicted octanol–water partition coefficient (Wildman–Crippen LogP) is 1.10. The minimum atomic E-state index is -0.844. The molecule has 0 aromatic rings. The summed E-state index contributed by atoms with van der Waals surface area (Å²) in [4.78, 5) is 23.2. The molecule has 0 aromatic carbocycles. The van der Waals surface area contributed by atoms with Gasteiger partial charge in [-0.25, -0.2) is 0 Å². The number of carbonyl (C=O) groups excluding carboxylic acids is 1. The molecule has 4 nitrogen and oxygen atoms in total. The lowest BCUT2D eigenvalue weighted by atomic mass is 10.3. The second-order valence-electron chi connectivity index (χ2n) is 3.01. The summed E-state index contributed by atoms with van der Waals surface area (Å²) < 4.78 is 0.563. The molecule has 0 radical (unpaired) electrons. The van der Waals surface area contributed by atoms with Gasteiger partial charge in [0.2, 0.25) is 5.91 Å². The number of nitrogens with zero attached hydrogens (tertiary/aromatic N) is 1. The molecule has 0 aliphatic carbocycles. The summed E-state index contributed by atoms with van der Waals surface area (Å²) in [6, 6.07) is 0. The van der Waals surface area contributed by atoms with E-state index in [1.54, 1.807) is 6.92 Å². The summed E-state index contributed by atoms with van der Waals surface area (Å²) in [5.74, 6) is -0.853. The van der Waals surface area contributed by atoms with Gasteiger partial charge in [0, 0.05) is 13.0 Å². The second-order valence-corrected chi connectivity index (χ2v) is 4.99. The van der Waals surface area contributed by atoms with Gasteiger partial charge in [-0.1, -0.05) is 24.0 Å². The Balaban J connectivity index is 2.41. The van der Waals surface area contributed by atoms with Crippen molar-refractivity contribution >= 4 is 40.2 Å². The average Bonchev–Trinajstić information content (AvgIpc) is 2.31. The number of carboxylic acid groups (broad SMARTS) is 1. The minimum absolute atomic E-state index is 0.00890. The van der Waals surface area contributed by atoms with Gasteiger partial charge in [-0.3, -0.25) is 14.5 Å². The highest BCUT2D eigenvalue weighted by atomic mass is 32.2. The first-order chi connectivity index (χ1) is 6.52. The smallest absolute Gasteiger partial charge is 0.303 e. The van der Waals surface area contributed by atoms with E-state index < -0.39 is 5.97 Å². The molecule has 0 saturated carbocycles.